The first-order valence-corrected chi connectivity index (χ1v) is 2.44. The summed E-state index contributed by atoms with van der Waals surface area (Å²) in [5.41, 5.74) is 0. The molecule has 0 aliphatic carbocycles. The Labute approximate surface area is 46.6 Å². The maximum Gasteiger partial charge on any atom is 0.190 e. The molecular weight excluding hydrogens is 106 g/mol. The Kier molecular flexibility index (Phi) is 0.676. The van der Waals surface area contributed by atoms with E-state index in [0.29, 0.717) is 6.79 Å². The molecule has 0 amide bonds. The molecule has 0 N–H and O–H groups in total. The first-order valence-electron chi connectivity index (χ1n) is 2.44. The average Bonchev–Trinajstić information content (AvgIpc) is 2.15. The number of fused-ring (bicyclic) bond motifs is 1. The van der Waals surface area contributed by atoms with Gasteiger partial charge in [-0.1, -0.05) is 0 Å². The molecule has 1 atom stereocenters. The van der Waals surface area contributed by atoms with Crippen LogP contribution in [-0.2, 0) is 9.47 Å². The predicted molar refractivity (Wildman–Crippen MR) is 27.4 cm³/mol. The van der Waals surface area contributed by atoms with Crippen LogP contribution in [0.25, 0.3) is 0 Å². The number of aliphatic imine (C=N–C) groups is 1. The summed E-state index contributed by atoms with van der Waals surface area (Å²) < 4.78 is 10.0. The van der Waals surface area contributed by atoms with Gasteiger partial charge in [-0.3, -0.25) is 4.99 Å². The second-order valence-corrected chi connectivity index (χ2v) is 1.68. The van der Waals surface area contributed by atoms with Crippen LogP contribution in [0.4, 0.5) is 0 Å². The van der Waals surface area contributed by atoms with Crippen LogP contribution in [0.1, 0.15) is 0 Å². The van der Waals surface area contributed by atoms with Crippen LogP contribution in [0.3, 0.4) is 0 Å². The van der Waals surface area contributed by atoms with Crippen molar-refractivity contribution < 1.29 is 9.47 Å². The van der Waals surface area contributed by atoms with E-state index in [1.165, 1.54) is 0 Å². The maximum atomic E-state index is 5.04. The number of hydrogen-bond acceptors (Lipinski definition) is 3. The van der Waals surface area contributed by atoms with Crippen LogP contribution < -0.4 is 0 Å². The van der Waals surface area contributed by atoms with Crippen LogP contribution in [0.5, 0.6) is 0 Å². The molecule has 42 valence electrons. The van der Waals surface area contributed by atoms with Gasteiger partial charge in [-0.25, -0.2) is 0 Å². The third kappa shape index (κ3) is 0.391. The van der Waals surface area contributed by atoms with Crippen molar-refractivity contribution in [2.75, 3.05) is 6.79 Å². The molecule has 1 fully saturated rings. The van der Waals surface area contributed by atoms with E-state index in [4.69, 9.17) is 9.47 Å². The monoisotopic (exact) mass is 111 g/mol. The normalized spacial score (nSPS) is 32.0. The van der Waals surface area contributed by atoms with Gasteiger partial charge in [0.2, 0.25) is 0 Å². The summed E-state index contributed by atoms with van der Waals surface area (Å²) in [7, 11) is 0. The highest BCUT2D eigenvalue weighted by Gasteiger charge is 2.23. The van der Waals surface area contributed by atoms with E-state index >= 15 is 0 Å². The Morgan fingerprint density at radius 2 is 2.75 bits per heavy atom. The zero-order valence-corrected chi connectivity index (χ0v) is 4.20. The number of rotatable bonds is 0. The topological polar surface area (TPSA) is 30.8 Å². The maximum absolute atomic E-state index is 5.04. The fourth-order valence-corrected chi connectivity index (χ4v) is 0.762. The van der Waals surface area contributed by atoms with E-state index in [0.717, 1.165) is 5.76 Å². The van der Waals surface area contributed by atoms with Crippen LogP contribution in [0, 0.1) is 0 Å². The van der Waals surface area contributed by atoms with Crippen molar-refractivity contribution in [2.24, 2.45) is 4.99 Å². The van der Waals surface area contributed by atoms with Crippen LogP contribution >= 0.6 is 0 Å². The number of nitrogens with zero attached hydrogens (tertiary/aromatic N) is 1. The minimum atomic E-state index is 0.0231. The molecule has 3 nitrogen and oxygen atoms in total. The summed E-state index contributed by atoms with van der Waals surface area (Å²) in [6.07, 6.45) is 3.43. The average molecular weight is 111 g/mol. The smallest absolute Gasteiger partial charge is 0.190 e. The van der Waals surface area contributed by atoms with Gasteiger partial charge in [0.15, 0.2) is 18.7 Å². The SMILES string of the molecule is C1=NC=C2OCOC12. The van der Waals surface area contributed by atoms with Crippen molar-refractivity contribution in [3.63, 3.8) is 0 Å². The van der Waals surface area contributed by atoms with E-state index in [1.807, 2.05) is 0 Å². The van der Waals surface area contributed by atoms with Crippen molar-refractivity contribution in [1.29, 1.82) is 0 Å². The lowest BCUT2D eigenvalue weighted by Crippen LogP contribution is -2.04. The summed E-state index contributed by atoms with van der Waals surface area (Å²) in [6, 6.07) is 0. The summed E-state index contributed by atoms with van der Waals surface area (Å²) in [5, 5.41) is 0. The molecule has 0 aromatic carbocycles. The molecule has 1 saturated heterocycles. The Morgan fingerprint density at radius 3 is 3.62 bits per heavy atom. The zero-order valence-electron chi connectivity index (χ0n) is 4.20. The molecule has 2 heterocycles. The predicted octanol–water partition coefficient (Wildman–Crippen LogP) is 0.285. The van der Waals surface area contributed by atoms with Crippen LogP contribution in [0.2, 0.25) is 0 Å². The van der Waals surface area contributed by atoms with Crippen LogP contribution in [-0.4, -0.2) is 19.1 Å². The van der Waals surface area contributed by atoms with Gasteiger partial charge in [-0.2, -0.15) is 0 Å². The van der Waals surface area contributed by atoms with Crippen molar-refractivity contribution in [3.05, 3.63) is 12.0 Å². The van der Waals surface area contributed by atoms with Gasteiger partial charge in [0.05, 0.1) is 6.20 Å². The van der Waals surface area contributed by atoms with Crippen molar-refractivity contribution in [3.8, 4) is 0 Å². The fourth-order valence-electron chi connectivity index (χ4n) is 0.762. The molecule has 2 rings (SSSR count). The number of ether oxygens (including phenoxy) is 2. The lowest BCUT2D eigenvalue weighted by atomic mass is 10.4. The molecule has 0 aromatic heterocycles. The first-order chi connectivity index (χ1) is 3.97. The van der Waals surface area contributed by atoms with Gasteiger partial charge in [0.25, 0.3) is 0 Å². The van der Waals surface area contributed by atoms with Crippen LogP contribution in [0.15, 0.2) is 17.0 Å². The lowest BCUT2D eigenvalue weighted by molar-refractivity contribution is 0.0678. The van der Waals surface area contributed by atoms with E-state index in [-0.39, 0.29) is 6.10 Å². The third-order valence-electron chi connectivity index (χ3n) is 1.18. The fraction of sp³-hybridized carbons (Fsp3) is 0.400. The number of hydrogen-bond donors (Lipinski definition) is 0. The summed E-state index contributed by atoms with van der Waals surface area (Å²) in [4.78, 5) is 3.83. The van der Waals surface area contributed by atoms with Gasteiger partial charge < -0.3 is 9.47 Å². The summed E-state index contributed by atoms with van der Waals surface area (Å²) >= 11 is 0. The highest BCUT2D eigenvalue weighted by molar-refractivity contribution is 5.71. The van der Waals surface area contributed by atoms with Crippen molar-refractivity contribution >= 4 is 6.21 Å². The first kappa shape index (κ1) is 4.09. The van der Waals surface area contributed by atoms with Gasteiger partial charge >= 0.3 is 0 Å². The second-order valence-electron chi connectivity index (χ2n) is 1.68. The van der Waals surface area contributed by atoms with Gasteiger partial charge in [-0.05, 0) is 0 Å². The summed E-state index contributed by atoms with van der Waals surface area (Å²) in [5.74, 6) is 0.838. The van der Waals surface area contributed by atoms with E-state index in [9.17, 15) is 0 Å². The molecule has 1 unspecified atom stereocenters. The van der Waals surface area contributed by atoms with E-state index in [2.05, 4.69) is 4.99 Å². The molecule has 0 spiro atoms. The summed E-state index contributed by atoms with van der Waals surface area (Å²) in [6.45, 7) is 0.377. The Hall–Kier alpha value is -0.830. The molecule has 0 bridgehead atoms. The standard InChI is InChI=1S/C5H5NO2/c1-4-5(2-6-1)8-3-7-4/h1-2,4H,3H2. The Bertz CT molecular complexity index is 162. The molecular formula is C5H5NO2. The van der Waals surface area contributed by atoms with Gasteiger partial charge in [0, 0.05) is 6.21 Å². The van der Waals surface area contributed by atoms with E-state index < -0.39 is 0 Å². The quantitative estimate of drug-likeness (QED) is 0.449. The molecule has 2 aliphatic heterocycles. The molecule has 3 heteroatoms. The Balaban J connectivity index is 2.29. The minimum absolute atomic E-state index is 0.0231. The van der Waals surface area contributed by atoms with Crippen molar-refractivity contribution in [1.82, 2.24) is 0 Å². The molecule has 0 aromatic rings. The molecule has 0 radical (unpaired) electrons. The minimum Gasteiger partial charge on any atom is -0.467 e. The zero-order chi connectivity index (χ0) is 5.40. The van der Waals surface area contributed by atoms with E-state index in [1.54, 1.807) is 12.4 Å². The van der Waals surface area contributed by atoms with Gasteiger partial charge in [-0.15, -0.1) is 0 Å². The van der Waals surface area contributed by atoms with Crippen molar-refractivity contribution in [2.45, 2.75) is 6.10 Å². The Morgan fingerprint density at radius 1 is 1.75 bits per heavy atom. The lowest BCUT2D eigenvalue weighted by Gasteiger charge is -1.90. The highest BCUT2D eigenvalue weighted by Crippen LogP contribution is 2.18. The second kappa shape index (κ2) is 1.32. The highest BCUT2D eigenvalue weighted by atomic mass is 16.7. The van der Waals surface area contributed by atoms with Gasteiger partial charge in [0.1, 0.15) is 0 Å². The third-order valence-corrected chi connectivity index (χ3v) is 1.18. The largest absolute Gasteiger partial charge is 0.467 e. The molecule has 0 saturated carbocycles. The molecule has 2 aliphatic rings. The molecule has 8 heavy (non-hydrogen) atoms.